The molecule has 0 saturated carbocycles. The van der Waals surface area contributed by atoms with Crippen molar-refractivity contribution in [2.24, 2.45) is 0 Å². The van der Waals surface area contributed by atoms with Crippen LogP contribution in [0.4, 0.5) is 5.69 Å². The highest BCUT2D eigenvalue weighted by Crippen LogP contribution is 2.21. The largest absolute Gasteiger partial charge is 0.507 e. The van der Waals surface area contributed by atoms with Gasteiger partial charge in [-0.05, 0) is 58.5 Å². The van der Waals surface area contributed by atoms with Gasteiger partial charge in [0.05, 0.1) is 5.56 Å². The van der Waals surface area contributed by atoms with Gasteiger partial charge in [-0.25, -0.2) is 0 Å². The van der Waals surface area contributed by atoms with E-state index in [-0.39, 0.29) is 17.2 Å². The second-order valence-electron chi connectivity index (χ2n) is 3.95. The molecule has 2 N–H and O–H groups in total. The lowest BCUT2D eigenvalue weighted by atomic mass is 10.1. The summed E-state index contributed by atoms with van der Waals surface area (Å²) >= 11 is 5.47. The normalized spacial score (nSPS) is 10.2. The number of hydrogen-bond acceptors (Lipinski definition) is 2. The fraction of sp³-hybridized carbons (Fsp3) is 0.0714. The third kappa shape index (κ3) is 3.70. The number of carbonyl (C=O) groups excluding carboxylic acids is 1. The summed E-state index contributed by atoms with van der Waals surface area (Å²) in [5, 5.41) is 13.2. The molecule has 0 fully saturated rings. The van der Waals surface area contributed by atoms with Crippen LogP contribution in [0, 0.1) is 3.57 Å². The number of halogens is 2. The zero-order valence-corrected chi connectivity index (χ0v) is 13.6. The number of carbonyl (C=O) groups is 1. The van der Waals surface area contributed by atoms with Crippen LogP contribution in [0.2, 0.25) is 0 Å². The summed E-state index contributed by atoms with van der Waals surface area (Å²) in [6, 6.07) is 12.5. The lowest BCUT2D eigenvalue weighted by Gasteiger charge is -2.08. The molecule has 3 nitrogen and oxygen atoms in total. The first-order chi connectivity index (χ1) is 9.10. The number of aromatic hydroxyl groups is 1. The smallest absolute Gasteiger partial charge is 0.259 e. The van der Waals surface area contributed by atoms with Gasteiger partial charge in [-0.2, -0.15) is 0 Å². The molecule has 2 aromatic carbocycles. The molecule has 2 rings (SSSR count). The molecule has 1 amide bonds. The lowest BCUT2D eigenvalue weighted by molar-refractivity contribution is 0.102. The monoisotopic (exact) mass is 431 g/mol. The lowest BCUT2D eigenvalue weighted by Crippen LogP contribution is -2.12. The molecule has 0 aliphatic carbocycles. The Morgan fingerprint density at radius 1 is 1.26 bits per heavy atom. The first kappa shape index (κ1) is 14.3. The Morgan fingerprint density at radius 2 is 2.05 bits per heavy atom. The van der Waals surface area contributed by atoms with Crippen molar-refractivity contribution in [3.05, 3.63) is 57.2 Å². The molecular formula is C14H11BrINO2. The second kappa shape index (κ2) is 6.38. The predicted molar refractivity (Wildman–Crippen MR) is 87.9 cm³/mol. The van der Waals surface area contributed by atoms with Crippen LogP contribution in [0.3, 0.4) is 0 Å². The zero-order valence-electron chi connectivity index (χ0n) is 9.86. The third-order valence-electron chi connectivity index (χ3n) is 2.54. The van der Waals surface area contributed by atoms with Crippen LogP contribution in [-0.4, -0.2) is 11.0 Å². The van der Waals surface area contributed by atoms with Gasteiger partial charge >= 0.3 is 0 Å². The maximum Gasteiger partial charge on any atom is 0.259 e. The van der Waals surface area contributed by atoms with Gasteiger partial charge in [0.1, 0.15) is 5.75 Å². The van der Waals surface area contributed by atoms with Gasteiger partial charge in [0.15, 0.2) is 0 Å². The van der Waals surface area contributed by atoms with Crippen LogP contribution in [0.25, 0.3) is 0 Å². The van der Waals surface area contributed by atoms with Crippen LogP contribution in [0.5, 0.6) is 5.75 Å². The molecular weight excluding hydrogens is 421 g/mol. The van der Waals surface area contributed by atoms with Gasteiger partial charge in [0.2, 0.25) is 0 Å². The molecule has 0 saturated heterocycles. The summed E-state index contributed by atoms with van der Waals surface area (Å²) in [6.45, 7) is 0. The van der Waals surface area contributed by atoms with Crippen LogP contribution in [0.1, 0.15) is 15.9 Å². The Hall–Kier alpha value is -1.08. The average Bonchev–Trinajstić information content (AvgIpc) is 2.41. The van der Waals surface area contributed by atoms with Gasteiger partial charge in [0.25, 0.3) is 5.91 Å². The second-order valence-corrected chi connectivity index (χ2v) is 5.76. The van der Waals surface area contributed by atoms with E-state index in [4.69, 9.17) is 0 Å². The minimum Gasteiger partial charge on any atom is -0.507 e. The fourth-order valence-corrected chi connectivity index (χ4v) is 2.46. The molecule has 0 aromatic heterocycles. The minimum atomic E-state index is -0.317. The highest BCUT2D eigenvalue weighted by Gasteiger charge is 2.11. The van der Waals surface area contributed by atoms with Gasteiger partial charge in [-0.15, -0.1) is 0 Å². The van der Waals surface area contributed by atoms with Crippen LogP contribution >= 0.6 is 38.5 Å². The van der Waals surface area contributed by atoms with E-state index in [0.29, 0.717) is 5.69 Å². The number of amides is 1. The van der Waals surface area contributed by atoms with Crippen LogP contribution < -0.4 is 5.32 Å². The number of rotatable bonds is 3. The molecule has 19 heavy (non-hydrogen) atoms. The number of phenolic OH excluding ortho intramolecular Hbond substituents is 1. The van der Waals surface area contributed by atoms with Crippen molar-refractivity contribution >= 4 is 50.1 Å². The number of anilines is 1. The van der Waals surface area contributed by atoms with Crippen LogP contribution in [-0.2, 0) is 5.33 Å². The van der Waals surface area contributed by atoms with Crippen molar-refractivity contribution in [1.82, 2.24) is 0 Å². The summed E-state index contributed by atoms with van der Waals surface area (Å²) in [4.78, 5) is 12.1. The first-order valence-electron chi connectivity index (χ1n) is 5.55. The molecule has 0 bridgehead atoms. The van der Waals surface area contributed by atoms with E-state index in [1.807, 2.05) is 24.3 Å². The number of alkyl halides is 1. The first-order valence-corrected chi connectivity index (χ1v) is 7.75. The molecule has 0 heterocycles. The van der Waals surface area contributed by atoms with E-state index in [2.05, 4.69) is 43.8 Å². The molecule has 5 heteroatoms. The topological polar surface area (TPSA) is 49.3 Å². The van der Waals surface area contributed by atoms with Gasteiger partial charge in [0, 0.05) is 14.6 Å². The van der Waals surface area contributed by atoms with E-state index in [1.54, 1.807) is 12.1 Å². The average molecular weight is 432 g/mol. The van der Waals surface area contributed by atoms with Crippen LogP contribution in [0.15, 0.2) is 42.5 Å². The highest BCUT2D eigenvalue weighted by molar-refractivity contribution is 14.1. The molecule has 0 atom stereocenters. The summed E-state index contributed by atoms with van der Waals surface area (Å²) in [5.41, 5.74) is 2.06. The Bertz CT molecular complexity index is 616. The number of hydrogen-bond donors (Lipinski definition) is 2. The van der Waals surface area contributed by atoms with Gasteiger partial charge < -0.3 is 10.4 Å². The maximum absolute atomic E-state index is 12.1. The van der Waals surface area contributed by atoms with Crippen molar-refractivity contribution in [3.8, 4) is 5.75 Å². The maximum atomic E-state index is 12.1. The summed E-state index contributed by atoms with van der Waals surface area (Å²) in [7, 11) is 0. The Morgan fingerprint density at radius 3 is 2.79 bits per heavy atom. The van der Waals surface area contributed by atoms with Gasteiger partial charge in [-0.3, -0.25) is 4.79 Å². The molecule has 2 aromatic rings. The molecule has 0 unspecified atom stereocenters. The standard InChI is InChI=1S/C14H11BrINO2/c15-8-9-2-1-3-11(6-9)17-14(19)12-7-10(16)4-5-13(12)18/h1-7,18H,8H2,(H,17,19). The van der Waals surface area contributed by atoms with E-state index in [0.717, 1.165) is 14.5 Å². The van der Waals surface area contributed by atoms with Crippen molar-refractivity contribution in [1.29, 1.82) is 0 Å². The minimum absolute atomic E-state index is 0.0189. The Labute approximate surface area is 133 Å². The Balaban J connectivity index is 2.23. The molecule has 98 valence electrons. The predicted octanol–water partition coefficient (Wildman–Crippen LogP) is 4.14. The molecule has 0 radical (unpaired) electrons. The zero-order chi connectivity index (χ0) is 13.8. The van der Waals surface area contributed by atoms with Crippen molar-refractivity contribution in [3.63, 3.8) is 0 Å². The van der Waals surface area contributed by atoms with E-state index in [9.17, 15) is 9.90 Å². The summed E-state index contributed by atoms with van der Waals surface area (Å²) < 4.78 is 0.898. The third-order valence-corrected chi connectivity index (χ3v) is 3.86. The summed E-state index contributed by atoms with van der Waals surface area (Å²) in [5.74, 6) is -0.336. The van der Waals surface area contributed by atoms with Gasteiger partial charge in [-0.1, -0.05) is 28.1 Å². The number of nitrogens with one attached hydrogen (secondary N) is 1. The van der Waals surface area contributed by atoms with E-state index < -0.39 is 0 Å². The van der Waals surface area contributed by atoms with Crippen molar-refractivity contribution in [2.75, 3.05) is 5.32 Å². The van der Waals surface area contributed by atoms with Crippen molar-refractivity contribution in [2.45, 2.75) is 5.33 Å². The quantitative estimate of drug-likeness (QED) is 0.566. The fourth-order valence-electron chi connectivity index (χ4n) is 1.62. The number of benzene rings is 2. The SMILES string of the molecule is O=C(Nc1cccc(CBr)c1)c1cc(I)ccc1O. The summed E-state index contributed by atoms with van der Waals surface area (Å²) in [6.07, 6.45) is 0. The Kier molecular flexibility index (Phi) is 4.81. The van der Waals surface area contributed by atoms with E-state index >= 15 is 0 Å². The highest BCUT2D eigenvalue weighted by atomic mass is 127. The van der Waals surface area contributed by atoms with Crippen molar-refractivity contribution < 1.29 is 9.90 Å². The number of phenols is 1. The molecule has 0 aliphatic rings. The van der Waals surface area contributed by atoms with E-state index in [1.165, 1.54) is 6.07 Å². The molecule has 0 aliphatic heterocycles. The molecule has 0 spiro atoms.